The molecule has 2 aromatic carbocycles. The van der Waals surface area contributed by atoms with Gasteiger partial charge in [-0.25, -0.2) is 22.4 Å². The topological polar surface area (TPSA) is 93.3 Å². The number of imidazole rings is 1. The van der Waals surface area contributed by atoms with Crippen LogP contribution in [0.25, 0.3) is 22.1 Å². The van der Waals surface area contributed by atoms with E-state index in [0.717, 1.165) is 38.0 Å². The third kappa shape index (κ3) is 6.25. The highest BCUT2D eigenvalue weighted by atomic mass is 79.9. The maximum atomic E-state index is 13.4. The van der Waals surface area contributed by atoms with Crippen LogP contribution in [0.5, 0.6) is 0 Å². The Labute approximate surface area is 257 Å². The van der Waals surface area contributed by atoms with Crippen LogP contribution in [0.3, 0.4) is 0 Å². The number of fused-ring (bicyclic) bond motifs is 3. The lowest BCUT2D eigenvalue weighted by atomic mass is 10.0. The summed E-state index contributed by atoms with van der Waals surface area (Å²) in [5, 5.41) is 14.0. The van der Waals surface area contributed by atoms with E-state index < -0.39 is 15.6 Å². The molecule has 1 aliphatic heterocycles. The molecule has 8 nitrogen and oxygen atoms in total. The SMILES string of the molecule is CC(C)(O)c1nc2cnc3c(ccn3S(=O)(=O)c3ccccc3)c2n1C1CCN(Cc2ccccc2)CC1.[CH3][Mg][Br]. The molecule has 0 radical (unpaired) electrons. The number of hydrogen-bond acceptors (Lipinski definition) is 6. The summed E-state index contributed by atoms with van der Waals surface area (Å²) in [5.41, 5.74) is 1.94. The summed E-state index contributed by atoms with van der Waals surface area (Å²) in [7, 11) is -3.82. The van der Waals surface area contributed by atoms with Gasteiger partial charge in [0.25, 0.3) is 10.0 Å². The van der Waals surface area contributed by atoms with Gasteiger partial charge in [-0.3, -0.25) is 4.90 Å². The van der Waals surface area contributed by atoms with Crippen molar-refractivity contribution in [3.8, 4) is 0 Å². The molecular formula is C30H34BrMgN5O3S. The van der Waals surface area contributed by atoms with Crippen LogP contribution in [-0.4, -0.2) is 68.2 Å². The van der Waals surface area contributed by atoms with E-state index in [9.17, 15) is 13.5 Å². The second kappa shape index (κ2) is 12.5. The van der Waals surface area contributed by atoms with Gasteiger partial charge >= 0.3 is 18.2 Å². The van der Waals surface area contributed by atoms with Crippen LogP contribution in [0.4, 0.5) is 0 Å². The van der Waals surface area contributed by atoms with Crippen molar-refractivity contribution in [1.29, 1.82) is 0 Å². The van der Waals surface area contributed by atoms with Crippen molar-refractivity contribution in [1.82, 2.24) is 23.4 Å². The minimum absolute atomic E-state index is 0.119. The number of piperidine rings is 1. The predicted molar refractivity (Wildman–Crippen MR) is 168 cm³/mol. The van der Waals surface area contributed by atoms with E-state index in [1.165, 1.54) is 9.54 Å². The normalized spacial score (nSPS) is 15.0. The summed E-state index contributed by atoms with van der Waals surface area (Å²) in [6.07, 6.45) is 4.97. The van der Waals surface area contributed by atoms with Gasteiger partial charge in [-0.05, 0) is 50.5 Å². The molecule has 0 amide bonds. The number of benzene rings is 2. The first-order chi connectivity index (χ1) is 19.6. The fourth-order valence-corrected chi connectivity index (χ4v) is 6.83. The summed E-state index contributed by atoms with van der Waals surface area (Å²) in [6.45, 7) is 6.23. The van der Waals surface area contributed by atoms with Crippen molar-refractivity contribution in [3.05, 3.63) is 90.5 Å². The first-order valence-electron chi connectivity index (χ1n) is 13.9. The van der Waals surface area contributed by atoms with Crippen molar-refractivity contribution in [2.24, 2.45) is 0 Å². The zero-order chi connectivity index (χ0) is 29.2. The third-order valence-corrected chi connectivity index (χ3v) is 9.03. The number of nitrogens with zero attached hydrogens (tertiary/aromatic N) is 5. The maximum absolute atomic E-state index is 13.4. The molecular weight excluding hydrogens is 615 g/mol. The molecule has 1 N–H and O–H groups in total. The lowest BCUT2D eigenvalue weighted by molar-refractivity contribution is 0.0605. The fourth-order valence-electron chi connectivity index (χ4n) is 5.51. The van der Waals surface area contributed by atoms with Crippen LogP contribution in [0.1, 0.15) is 44.1 Å². The molecule has 0 atom stereocenters. The Balaban J connectivity index is 0.00000108. The number of likely N-dealkylation sites (tertiary alicyclic amines) is 1. The van der Waals surface area contributed by atoms with Crippen LogP contribution < -0.4 is 0 Å². The molecule has 212 valence electrons. The van der Waals surface area contributed by atoms with E-state index in [0.29, 0.717) is 22.4 Å². The number of rotatable bonds is 6. The highest BCUT2D eigenvalue weighted by Crippen LogP contribution is 2.36. The van der Waals surface area contributed by atoms with Gasteiger partial charge in [0, 0.05) is 37.3 Å². The molecule has 0 unspecified atom stereocenters. The molecule has 11 heteroatoms. The second-order valence-corrected chi connectivity index (χ2v) is 16.5. The van der Waals surface area contributed by atoms with Gasteiger partial charge in [0.2, 0.25) is 0 Å². The Morgan fingerprint density at radius 2 is 1.63 bits per heavy atom. The number of pyridine rings is 1. The average molecular weight is 649 g/mol. The molecule has 1 fully saturated rings. The van der Waals surface area contributed by atoms with Crippen molar-refractivity contribution in [2.45, 2.75) is 54.8 Å². The van der Waals surface area contributed by atoms with Gasteiger partial charge in [-0.2, -0.15) is 0 Å². The zero-order valence-electron chi connectivity index (χ0n) is 23.6. The number of aromatic nitrogens is 4. The minimum atomic E-state index is -3.82. The van der Waals surface area contributed by atoms with Crippen molar-refractivity contribution in [3.63, 3.8) is 0 Å². The fraction of sp³-hybridized carbons (Fsp3) is 0.333. The van der Waals surface area contributed by atoms with E-state index in [1.807, 2.05) is 6.07 Å². The first-order valence-corrected chi connectivity index (χ1v) is 20.6. The molecule has 0 bridgehead atoms. The van der Waals surface area contributed by atoms with Crippen molar-refractivity contribution < 1.29 is 13.5 Å². The Hall–Kier alpha value is -2.28. The molecule has 4 heterocycles. The summed E-state index contributed by atoms with van der Waals surface area (Å²) < 4.78 is 30.2. The Bertz CT molecular complexity index is 1730. The van der Waals surface area contributed by atoms with Gasteiger partial charge in [-0.1, -0.05) is 48.5 Å². The smallest absolute Gasteiger partial charge is 0.383 e. The van der Waals surface area contributed by atoms with Crippen LogP contribution in [0, 0.1) is 0 Å². The Morgan fingerprint density at radius 1 is 1.02 bits per heavy atom. The van der Waals surface area contributed by atoms with Gasteiger partial charge in [0.1, 0.15) is 16.9 Å². The molecule has 0 spiro atoms. The lowest BCUT2D eigenvalue weighted by Crippen LogP contribution is -2.35. The van der Waals surface area contributed by atoms with E-state index in [2.05, 4.69) is 56.7 Å². The Kier molecular flexibility index (Phi) is 9.22. The predicted octanol–water partition coefficient (Wildman–Crippen LogP) is 5.74. The zero-order valence-corrected chi connectivity index (χ0v) is 27.4. The minimum Gasteiger partial charge on any atom is -0.383 e. The maximum Gasteiger partial charge on any atom is 0.465 e. The summed E-state index contributed by atoms with van der Waals surface area (Å²) in [4.78, 5) is 12.0. The van der Waals surface area contributed by atoms with Crippen LogP contribution in [-0.2, 0) is 22.2 Å². The van der Waals surface area contributed by atoms with Gasteiger partial charge in [0.15, 0.2) is 5.65 Å². The summed E-state index contributed by atoms with van der Waals surface area (Å²) in [6, 6.07) is 20.8. The average Bonchev–Trinajstić information content (AvgIpc) is 3.58. The summed E-state index contributed by atoms with van der Waals surface area (Å²) in [5.74, 6) is 0.571. The van der Waals surface area contributed by atoms with E-state index in [-0.39, 0.29) is 29.1 Å². The van der Waals surface area contributed by atoms with Gasteiger partial charge in [0.05, 0.1) is 16.6 Å². The third-order valence-electron chi connectivity index (χ3n) is 7.35. The van der Waals surface area contributed by atoms with Gasteiger partial charge in [-0.15, -0.1) is 5.05 Å². The molecule has 6 rings (SSSR count). The second-order valence-electron chi connectivity index (χ2n) is 10.8. The van der Waals surface area contributed by atoms with Crippen LogP contribution in [0.15, 0.2) is 84.0 Å². The molecule has 0 aliphatic carbocycles. The molecule has 1 aliphatic rings. The monoisotopic (exact) mass is 647 g/mol. The highest BCUT2D eigenvalue weighted by molar-refractivity contribution is 9.23. The number of halogens is 1. The van der Waals surface area contributed by atoms with Crippen LogP contribution >= 0.6 is 12.9 Å². The van der Waals surface area contributed by atoms with E-state index in [4.69, 9.17) is 4.98 Å². The molecule has 1 saturated heterocycles. The summed E-state index contributed by atoms with van der Waals surface area (Å²) >= 11 is 3.51. The Morgan fingerprint density at radius 3 is 2.24 bits per heavy atom. The standard InChI is InChI=1S/C29H31N5O3S.CH3.BrH.Mg/c1-29(2,35)28-31-25-19-30-27-24(15-18-33(27)38(36,37)23-11-7-4-8-12-23)26(25)34(28)22-13-16-32(17-14-22)20-21-9-5-3-6-10-21;;;/h3-12,15,18-19,22,35H,13-14,16-17,20H2,1-2H3;1H3;1H;/q;;;+1/p-1. The quantitative estimate of drug-likeness (QED) is 0.236. The number of hydrogen-bond donors (Lipinski definition) is 1. The van der Waals surface area contributed by atoms with Gasteiger partial charge < -0.3 is 22.6 Å². The van der Waals surface area contributed by atoms with Crippen molar-refractivity contribution >= 4 is 63.2 Å². The molecule has 0 saturated carbocycles. The van der Waals surface area contributed by atoms with Crippen LogP contribution in [0.2, 0.25) is 5.05 Å². The first kappa shape index (κ1) is 30.2. The highest BCUT2D eigenvalue weighted by Gasteiger charge is 2.32. The van der Waals surface area contributed by atoms with E-state index >= 15 is 0 Å². The lowest BCUT2D eigenvalue weighted by Gasteiger charge is -2.34. The largest absolute Gasteiger partial charge is 0.465 e. The molecule has 5 aromatic rings. The number of aliphatic hydroxyl groups is 1. The van der Waals surface area contributed by atoms with E-state index in [1.54, 1.807) is 62.6 Å². The van der Waals surface area contributed by atoms with Crippen molar-refractivity contribution in [2.75, 3.05) is 13.1 Å². The molecule has 41 heavy (non-hydrogen) atoms. The molecule has 3 aromatic heterocycles.